The zero-order valence-electron chi connectivity index (χ0n) is 17.1. The highest BCUT2D eigenvalue weighted by atomic mass is 35.5. The predicted octanol–water partition coefficient (Wildman–Crippen LogP) is 7.55. The molecular weight excluding hydrogens is 467 g/mol. The highest BCUT2D eigenvalue weighted by Gasteiger charge is 2.08. The monoisotopic (exact) mass is 486 g/mol. The molecule has 0 unspecified atom stereocenters. The zero-order valence-corrected chi connectivity index (χ0v) is 19.4. The fourth-order valence-corrected chi connectivity index (χ4v) is 3.65. The van der Waals surface area contributed by atoms with Gasteiger partial charge in [-0.05, 0) is 66.1 Å². The van der Waals surface area contributed by atoms with Crippen molar-refractivity contribution in [3.8, 4) is 33.8 Å². The van der Waals surface area contributed by atoms with Gasteiger partial charge in [-0.25, -0.2) is 0 Å². The molecule has 0 aromatic heterocycles. The molecule has 0 aliphatic heterocycles. The van der Waals surface area contributed by atoms with E-state index in [9.17, 15) is 10.2 Å². The molecule has 0 saturated heterocycles. The van der Waals surface area contributed by atoms with Gasteiger partial charge in [-0.3, -0.25) is 0 Å². The summed E-state index contributed by atoms with van der Waals surface area (Å²) in [5.41, 5.74) is 16.1. The van der Waals surface area contributed by atoms with Gasteiger partial charge in [-0.1, -0.05) is 65.1 Å². The molecule has 0 heterocycles. The summed E-state index contributed by atoms with van der Waals surface area (Å²) < 4.78 is 0. The standard InChI is InChI=1S/C13H12ClNO.C12H9Cl2NO/c1-8-3-2-4-10(13(8)14)9-5-6-11(15)12(16)7-9;13-8-2-3-10(14)9(6-8)7-1-4-11(15)12(16)5-7/h2-7,16H,15H2,1H3;1-6,16H,15H2. The maximum Gasteiger partial charge on any atom is 0.139 e. The summed E-state index contributed by atoms with van der Waals surface area (Å²) in [6, 6.07) is 21.1. The summed E-state index contributed by atoms with van der Waals surface area (Å²) in [5.74, 6) is 0.114. The van der Waals surface area contributed by atoms with Crippen LogP contribution in [0.15, 0.2) is 72.8 Å². The number of rotatable bonds is 2. The SMILES string of the molecule is Cc1cccc(-c2ccc(N)c(O)c2)c1Cl.Nc1ccc(-c2cc(Cl)ccc2Cl)cc1O. The fourth-order valence-electron chi connectivity index (χ4n) is 3.01. The Hall–Kier alpha value is -3.05. The first-order valence-electron chi connectivity index (χ1n) is 9.55. The highest BCUT2D eigenvalue weighted by molar-refractivity contribution is 6.35. The molecule has 0 amide bonds. The van der Waals surface area contributed by atoms with Crippen molar-refractivity contribution in [1.82, 2.24) is 0 Å². The molecule has 4 aromatic carbocycles. The maximum absolute atomic E-state index is 9.55. The van der Waals surface area contributed by atoms with E-state index in [1.165, 1.54) is 0 Å². The lowest BCUT2D eigenvalue weighted by molar-refractivity contribution is 0.477. The van der Waals surface area contributed by atoms with Crippen LogP contribution < -0.4 is 11.5 Å². The van der Waals surface area contributed by atoms with E-state index < -0.39 is 0 Å². The molecule has 4 aromatic rings. The molecule has 4 rings (SSSR count). The van der Waals surface area contributed by atoms with Crippen LogP contribution >= 0.6 is 34.8 Å². The van der Waals surface area contributed by atoms with Crippen molar-refractivity contribution >= 4 is 46.2 Å². The lowest BCUT2D eigenvalue weighted by Crippen LogP contribution is -1.87. The minimum atomic E-state index is 0.0357. The van der Waals surface area contributed by atoms with E-state index in [0.29, 0.717) is 26.4 Å². The normalized spacial score (nSPS) is 10.4. The Morgan fingerprint density at radius 1 is 0.656 bits per heavy atom. The van der Waals surface area contributed by atoms with Crippen molar-refractivity contribution in [2.75, 3.05) is 11.5 Å². The third-order valence-corrected chi connectivity index (χ3v) is 5.87. The summed E-state index contributed by atoms with van der Waals surface area (Å²) in [5, 5.41) is 20.9. The van der Waals surface area contributed by atoms with Crippen molar-refractivity contribution in [2.45, 2.75) is 6.92 Å². The molecule has 164 valence electrons. The lowest BCUT2D eigenvalue weighted by Gasteiger charge is -2.08. The zero-order chi connectivity index (χ0) is 23.4. The van der Waals surface area contributed by atoms with Gasteiger partial charge in [0.25, 0.3) is 0 Å². The Bertz CT molecular complexity index is 1230. The summed E-state index contributed by atoms with van der Waals surface area (Å²) >= 11 is 18.2. The molecule has 0 atom stereocenters. The predicted molar refractivity (Wildman–Crippen MR) is 136 cm³/mol. The number of benzene rings is 4. The number of phenolic OH excluding ortho intramolecular Hbond substituents is 2. The van der Waals surface area contributed by atoms with Crippen molar-refractivity contribution in [2.24, 2.45) is 0 Å². The molecule has 0 aliphatic rings. The third kappa shape index (κ3) is 5.40. The topological polar surface area (TPSA) is 92.5 Å². The van der Waals surface area contributed by atoms with Gasteiger partial charge >= 0.3 is 0 Å². The van der Waals surface area contributed by atoms with Gasteiger partial charge in [0.2, 0.25) is 0 Å². The average Bonchev–Trinajstić information content (AvgIpc) is 2.76. The summed E-state index contributed by atoms with van der Waals surface area (Å²) in [4.78, 5) is 0. The summed E-state index contributed by atoms with van der Waals surface area (Å²) in [6.07, 6.45) is 0. The Labute approximate surface area is 201 Å². The van der Waals surface area contributed by atoms with E-state index in [-0.39, 0.29) is 11.5 Å². The minimum Gasteiger partial charge on any atom is -0.506 e. The number of hydrogen-bond acceptors (Lipinski definition) is 4. The van der Waals surface area contributed by atoms with Crippen LogP contribution in [0.5, 0.6) is 11.5 Å². The Balaban J connectivity index is 0.000000181. The van der Waals surface area contributed by atoms with Crippen LogP contribution in [-0.2, 0) is 0 Å². The summed E-state index contributed by atoms with van der Waals surface area (Å²) in [7, 11) is 0. The fraction of sp³-hybridized carbons (Fsp3) is 0.0400. The Morgan fingerprint density at radius 2 is 1.22 bits per heavy atom. The molecule has 0 aliphatic carbocycles. The first-order chi connectivity index (χ1) is 15.2. The maximum atomic E-state index is 9.55. The highest BCUT2D eigenvalue weighted by Crippen LogP contribution is 2.35. The van der Waals surface area contributed by atoms with Crippen LogP contribution in [0.1, 0.15) is 5.56 Å². The van der Waals surface area contributed by atoms with Gasteiger partial charge in [0.1, 0.15) is 11.5 Å². The molecule has 0 bridgehead atoms. The molecule has 0 radical (unpaired) electrons. The third-order valence-electron chi connectivity index (χ3n) is 4.80. The second kappa shape index (κ2) is 10.0. The quantitative estimate of drug-likeness (QED) is 0.173. The van der Waals surface area contributed by atoms with Gasteiger partial charge in [0, 0.05) is 21.2 Å². The van der Waals surface area contributed by atoms with Gasteiger partial charge in [-0.2, -0.15) is 0 Å². The van der Waals surface area contributed by atoms with E-state index in [1.807, 2.05) is 31.2 Å². The number of aromatic hydroxyl groups is 2. The lowest BCUT2D eigenvalue weighted by atomic mass is 10.0. The minimum absolute atomic E-state index is 0.0357. The first-order valence-corrected chi connectivity index (χ1v) is 10.7. The summed E-state index contributed by atoms with van der Waals surface area (Å²) in [6.45, 7) is 1.95. The molecule has 0 spiro atoms. The molecule has 7 heteroatoms. The van der Waals surface area contributed by atoms with Crippen molar-refractivity contribution < 1.29 is 10.2 Å². The molecule has 6 N–H and O–H groups in total. The number of phenols is 2. The number of nitrogens with two attached hydrogens (primary N) is 2. The smallest absolute Gasteiger partial charge is 0.139 e. The number of halogens is 3. The van der Waals surface area contributed by atoms with E-state index in [0.717, 1.165) is 27.8 Å². The van der Waals surface area contributed by atoms with Crippen LogP contribution in [-0.4, -0.2) is 10.2 Å². The van der Waals surface area contributed by atoms with E-state index in [4.69, 9.17) is 46.3 Å². The van der Waals surface area contributed by atoms with Crippen molar-refractivity contribution in [3.05, 3.63) is 93.4 Å². The van der Waals surface area contributed by atoms with Crippen LogP contribution in [0.3, 0.4) is 0 Å². The van der Waals surface area contributed by atoms with Crippen molar-refractivity contribution in [1.29, 1.82) is 0 Å². The van der Waals surface area contributed by atoms with E-state index in [2.05, 4.69) is 0 Å². The second-order valence-corrected chi connectivity index (χ2v) is 8.33. The number of aryl methyl sites for hydroxylation is 1. The second-order valence-electron chi connectivity index (χ2n) is 7.11. The van der Waals surface area contributed by atoms with Gasteiger partial charge in [-0.15, -0.1) is 0 Å². The molecule has 0 fully saturated rings. The van der Waals surface area contributed by atoms with Crippen LogP contribution in [0.4, 0.5) is 11.4 Å². The first kappa shape index (κ1) is 23.6. The van der Waals surface area contributed by atoms with E-state index >= 15 is 0 Å². The molecule has 32 heavy (non-hydrogen) atoms. The molecule has 4 nitrogen and oxygen atoms in total. The van der Waals surface area contributed by atoms with Gasteiger partial charge < -0.3 is 21.7 Å². The van der Waals surface area contributed by atoms with Gasteiger partial charge in [0.15, 0.2) is 0 Å². The van der Waals surface area contributed by atoms with Gasteiger partial charge in [0.05, 0.1) is 16.4 Å². The van der Waals surface area contributed by atoms with E-state index in [1.54, 1.807) is 48.5 Å². The molecule has 0 saturated carbocycles. The number of hydrogen-bond donors (Lipinski definition) is 4. The number of nitrogen functional groups attached to an aromatic ring is 2. The Morgan fingerprint density at radius 3 is 1.78 bits per heavy atom. The molecular formula is C25H21Cl3N2O2. The van der Waals surface area contributed by atoms with Crippen LogP contribution in [0, 0.1) is 6.92 Å². The largest absolute Gasteiger partial charge is 0.506 e. The van der Waals surface area contributed by atoms with Crippen LogP contribution in [0.25, 0.3) is 22.3 Å². The number of anilines is 2. The average molecular weight is 488 g/mol. The van der Waals surface area contributed by atoms with Crippen LogP contribution in [0.2, 0.25) is 15.1 Å². The van der Waals surface area contributed by atoms with Crippen molar-refractivity contribution in [3.63, 3.8) is 0 Å². The Kier molecular flexibility index (Phi) is 7.41.